The number of thiophene rings is 1. The Hall–Kier alpha value is -3.23. The number of anilines is 1. The average molecular weight is 478 g/mol. The first-order chi connectivity index (χ1) is 16.2. The molecule has 0 fully saturated rings. The summed E-state index contributed by atoms with van der Waals surface area (Å²) < 4.78 is 5.25. The van der Waals surface area contributed by atoms with Crippen LogP contribution in [0.5, 0.6) is 0 Å². The van der Waals surface area contributed by atoms with Crippen molar-refractivity contribution in [2.24, 2.45) is 0 Å². The zero-order valence-corrected chi connectivity index (χ0v) is 19.7. The van der Waals surface area contributed by atoms with Gasteiger partial charge in [-0.3, -0.25) is 4.79 Å². The van der Waals surface area contributed by atoms with Gasteiger partial charge in [-0.15, -0.1) is 11.3 Å². The zero-order valence-electron chi connectivity index (χ0n) is 18.1. The smallest absolute Gasteiger partial charge is 0.338 e. The van der Waals surface area contributed by atoms with E-state index in [1.165, 1.54) is 18.1 Å². The maximum Gasteiger partial charge on any atom is 0.338 e. The summed E-state index contributed by atoms with van der Waals surface area (Å²) in [5.74, 6) is -0.385. The van der Waals surface area contributed by atoms with Gasteiger partial charge >= 0.3 is 5.97 Å². The Labute approximate surface area is 200 Å². The summed E-state index contributed by atoms with van der Waals surface area (Å²) in [6.45, 7) is 2.43. The van der Waals surface area contributed by atoms with Crippen molar-refractivity contribution in [2.75, 3.05) is 17.7 Å². The summed E-state index contributed by atoms with van der Waals surface area (Å²) in [6, 6.07) is 16.9. The Balaban J connectivity index is 1.43. The molecule has 8 heteroatoms. The molecule has 2 aromatic carbocycles. The Morgan fingerprint density at radius 1 is 1.09 bits per heavy atom. The van der Waals surface area contributed by atoms with Crippen molar-refractivity contribution in [1.82, 2.24) is 9.97 Å². The number of hydrogen-bond acceptors (Lipinski definition) is 7. The number of amides is 1. The SMILES string of the molecule is CCCCOC(=O)c1cccc(NC(=O)CSc2ncnc3scc(-c4ccccc4)c23)c1. The molecule has 0 aliphatic heterocycles. The molecule has 0 radical (unpaired) electrons. The molecule has 0 saturated heterocycles. The van der Waals surface area contributed by atoms with Crippen LogP contribution in [-0.4, -0.2) is 34.2 Å². The normalized spacial score (nSPS) is 10.8. The van der Waals surface area contributed by atoms with Gasteiger partial charge in [-0.2, -0.15) is 0 Å². The van der Waals surface area contributed by atoms with Gasteiger partial charge in [-0.25, -0.2) is 14.8 Å². The maximum atomic E-state index is 12.6. The van der Waals surface area contributed by atoms with Crippen LogP contribution in [-0.2, 0) is 9.53 Å². The molecule has 0 aliphatic rings. The van der Waals surface area contributed by atoms with Crippen molar-refractivity contribution < 1.29 is 14.3 Å². The minimum atomic E-state index is -0.386. The van der Waals surface area contributed by atoms with Gasteiger partial charge in [0.15, 0.2) is 0 Å². The summed E-state index contributed by atoms with van der Waals surface area (Å²) in [4.78, 5) is 34.5. The number of benzene rings is 2. The van der Waals surface area contributed by atoms with Crippen LogP contribution in [0, 0.1) is 0 Å². The van der Waals surface area contributed by atoms with Crippen LogP contribution in [0.15, 0.2) is 71.3 Å². The number of rotatable bonds is 9. The van der Waals surface area contributed by atoms with E-state index in [0.29, 0.717) is 17.9 Å². The van der Waals surface area contributed by atoms with Crippen molar-refractivity contribution in [1.29, 1.82) is 0 Å². The molecule has 0 aliphatic carbocycles. The lowest BCUT2D eigenvalue weighted by Crippen LogP contribution is -2.15. The van der Waals surface area contributed by atoms with Crippen molar-refractivity contribution >= 4 is 50.9 Å². The summed E-state index contributed by atoms with van der Waals surface area (Å²) in [5, 5.41) is 6.66. The van der Waals surface area contributed by atoms with Crippen LogP contribution in [0.3, 0.4) is 0 Å². The molecule has 1 N–H and O–H groups in total. The number of esters is 1. The largest absolute Gasteiger partial charge is 0.462 e. The number of carbonyl (C=O) groups excluding carboxylic acids is 2. The Kier molecular flexibility index (Phi) is 7.70. The molecule has 1 amide bonds. The second kappa shape index (κ2) is 11.1. The molecule has 33 heavy (non-hydrogen) atoms. The van der Waals surface area contributed by atoms with Crippen molar-refractivity contribution in [2.45, 2.75) is 24.8 Å². The number of carbonyl (C=O) groups is 2. The molecule has 6 nitrogen and oxygen atoms in total. The van der Waals surface area contributed by atoms with Crippen LogP contribution in [0.1, 0.15) is 30.1 Å². The van der Waals surface area contributed by atoms with E-state index in [-0.39, 0.29) is 17.6 Å². The first-order valence-corrected chi connectivity index (χ1v) is 12.5. The van der Waals surface area contributed by atoms with E-state index >= 15 is 0 Å². The number of unbranched alkanes of at least 4 members (excludes halogenated alkanes) is 1. The molecule has 168 valence electrons. The lowest BCUT2D eigenvalue weighted by Gasteiger charge is -2.08. The van der Waals surface area contributed by atoms with E-state index in [2.05, 4.69) is 32.8 Å². The molecule has 0 unspecified atom stereocenters. The first kappa shape index (κ1) is 22.9. The van der Waals surface area contributed by atoms with E-state index in [1.807, 2.05) is 25.1 Å². The highest BCUT2D eigenvalue weighted by molar-refractivity contribution is 8.00. The summed E-state index contributed by atoms with van der Waals surface area (Å²) in [6.07, 6.45) is 3.31. The number of ether oxygens (including phenoxy) is 1. The number of fused-ring (bicyclic) bond motifs is 1. The van der Waals surface area contributed by atoms with Crippen LogP contribution in [0.25, 0.3) is 21.3 Å². The predicted molar refractivity (Wildman–Crippen MR) is 134 cm³/mol. The molecule has 0 saturated carbocycles. The third-order valence-corrected chi connectivity index (χ3v) is 6.75. The summed E-state index contributed by atoms with van der Waals surface area (Å²) in [5.41, 5.74) is 3.12. The molecular formula is C25H23N3O3S2. The van der Waals surface area contributed by atoms with Crippen LogP contribution < -0.4 is 5.32 Å². The fraction of sp³-hybridized carbons (Fsp3) is 0.200. The molecular weight excluding hydrogens is 454 g/mol. The Morgan fingerprint density at radius 3 is 2.76 bits per heavy atom. The summed E-state index contributed by atoms with van der Waals surface area (Å²) >= 11 is 2.93. The minimum absolute atomic E-state index is 0.181. The fourth-order valence-electron chi connectivity index (χ4n) is 3.23. The third-order valence-electron chi connectivity index (χ3n) is 4.87. The molecule has 2 aromatic heterocycles. The lowest BCUT2D eigenvalue weighted by atomic mass is 10.1. The maximum absolute atomic E-state index is 12.6. The van der Waals surface area contributed by atoms with E-state index < -0.39 is 0 Å². The standard InChI is InChI=1S/C25H23N3O3S2/c1-2-3-12-31-25(30)18-10-7-11-19(13-18)28-21(29)15-33-24-22-20(17-8-5-4-6-9-17)14-32-23(22)26-16-27-24/h4-11,13-14,16H,2-3,12,15H2,1H3,(H,28,29). The van der Waals surface area contributed by atoms with Gasteiger partial charge in [-0.05, 0) is 30.2 Å². The van der Waals surface area contributed by atoms with E-state index in [9.17, 15) is 9.59 Å². The predicted octanol–water partition coefficient (Wildman–Crippen LogP) is 6.05. The van der Waals surface area contributed by atoms with Gasteiger partial charge in [0, 0.05) is 16.6 Å². The van der Waals surface area contributed by atoms with E-state index in [0.717, 1.165) is 39.2 Å². The second-order valence-corrected chi connectivity index (χ2v) is 9.10. The monoisotopic (exact) mass is 477 g/mol. The van der Waals surface area contributed by atoms with Crippen molar-refractivity contribution in [3.63, 3.8) is 0 Å². The third kappa shape index (κ3) is 5.77. The zero-order chi connectivity index (χ0) is 23.0. The lowest BCUT2D eigenvalue weighted by molar-refractivity contribution is -0.113. The highest BCUT2D eigenvalue weighted by Crippen LogP contribution is 2.37. The van der Waals surface area contributed by atoms with E-state index in [1.54, 1.807) is 35.6 Å². The quantitative estimate of drug-likeness (QED) is 0.137. The molecule has 0 bridgehead atoms. The number of nitrogens with one attached hydrogen (secondary N) is 1. The van der Waals surface area contributed by atoms with E-state index in [4.69, 9.17) is 4.74 Å². The average Bonchev–Trinajstić information content (AvgIpc) is 3.28. The number of hydrogen-bond donors (Lipinski definition) is 1. The minimum Gasteiger partial charge on any atom is -0.462 e. The summed E-state index contributed by atoms with van der Waals surface area (Å²) in [7, 11) is 0. The highest BCUT2D eigenvalue weighted by atomic mass is 32.2. The molecule has 0 spiro atoms. The molecule has 4 aromatic rings. The fourth-order valence-corrected chi connectivity index (χ4v) is 5.03. The number of aromatic nitrogens is 2. The number of nitrogens with zero attached hydrogens (tertiary/aromatic N) is 2. The van der Waals surface area contributed by atoms with Gasteiger partial charge in [0.1, 0.15) is 16.2 Å². The molecule has 2 heterocycles. The van der Waals surface area contributed by atoms with Crippen molar-refractivity contribution in [3.05, 3.63) is 71.9 Å². The van der Waals surface area contributed by atoms with Gasteiger partial charge < -0.3 is 10.1 Å². The Morgan fingerprint density at radius 2 is 1.94 bits per heavy atom. The van der Waals surface area contributed by atoms with Crippen molar-refractivity contribution in [3.8, 4) is 11.1 Å². The highest BCUT2D eigenvalue weighted by Gasteiger charge is 2.15. The first-order valence-electron chi connectivity index (χ1n) is 10.6. The van der Waals surface area contributed by atoms with Crippen LogP contribution in [0.4, 0.5) is 5.69 Å². The van der Waals surface area contributed by atoms with Crippen LogP contribution >= 0.6 is 23.1 Å². The van der Waals surface area contributed by atoms with Crippen LogP contribution in [0.2, 0.25) is 0 Å². The second-order valence-electron chi connectivity index (χ2n) is 7.28. The molecule has 0 atom stereocenters. The van der Waals surface area contributed by atoms with Gasteiger partial charge in [0.25, 0.3) is 0 Å². The van der Waals surface area contributed by atoms with Gasteiger partial charge in [0.2, 0.25) is 5.91 Å². The Bertz CT molecular complexity index is 1260. The van der Waals surface area contributed by atoms with Gasteiger partial charge in [-0.1, -0.05) is 61.5 Å². The molecule has 4 rings (SSSR count). The van der Waals surface area contributed by atoms with Gasteiger partial charge in [0.05, 0.1) is 23.3 Å². The number of thioether (sulfide) groups is 1. The topological polar surface area (TPSA) is 81.2 Å².